The van der Waals surface area contributed by atoms with Gasteiger partial charge in [-0.1, -0.05) is 24.3 Å². The van der Waals surface area contributed by atoms with Gasteiger partial charge in [-0.25, -0.2) is 9.59 Å². The highest BCUT2D eigenvalue weighted by Gasteiger charge is 2.21. The second-order valence-electron chi connectivity index (χ2n) is 11.4. The van der Waals surface area contributed by atoms with Crippen molar-refractivity contribution in [2.75, 3.05) is 11.5 Å². The molecule has 274 valence electrons. The number of hydrogen-bond donors (Lipinski definition) is 8. The monoisotopic (exact) mass is 772 g/mol. The maximum absolute atomic E-state index is 12.2. The molecule has 0 unspecified atom stereocenters. The van der Waals surface area contributed by atoms with Gasteiger partial charge >= 0.3 is 11.9 Å². The molecule has 0 bridgehead atoms. The smallest absolute Gasteiger partial charge is 0.337 e. The normalized spacial score (nSPS) is 12.3. The van der Waals surface area contributed by atoms with Gasteiger partial charge in [0.15, 0.2) is 11.5 Å². The molecule has 0 aliphatic rings. The molecule has 0 aliphatic heterocycles. The SMILES string of the molecule is Nc1ccc(S(=O)(=O)O)c2ccc(/N=N/c3ccc(-c4ccc(/N=N/c5ccc6c(S(=O)(=O)O)ccc(N)c6c5O)c(C(=O)O)c4)cc3C(=O)O)c(O)c12. The quantitative estimate of drug-likeness (QED) is 0.0418. The predicted octanol–water partition coefficient (Wildman–Crippen LogP) is 6.96. The summed E-state index contributed by atoms with van der Waals surface area (Å²) in [6, 6.07) is 17.1. The summed E-state index contributed by atoms with van der Waals surface area (Å²) in [6.07, 6.45) is 0. The van der Waals surface area contributed by atoms with E-state index >= 15 is 0 Å². The summed E-state index contributed by atoms with van der Waals surface area (Å²) in [5.74, 6) is -4.03. The van der Waals surface area contributed by atoms with E-state index in [0.29, 0.717) is 0 Å². The molecule has 0 saturated carbocycles. The minimum atomic E-state index is -4.68. The van der Waals surface area contributed by atoms with E-state index in [0.717, 1.165) is 24.3 Å². The predicted molar refractivity (Wildman–Crippen MR) is 194 cm³/mol. The van der Waals surface area contributed by atoms with Crippen molar-refractivity contribution in [3.8, 4) is 22.6 Å². The van der Waals surface area contributed by atoms with E-state index in [1.54, 1.807) is 0 Å². The number of phenolic OH excluding ortho intramolecular Hbond substituents is 2. The van der Waals surface area contributed by atoms with Gasteiger partial charge in [-0.2, -0.15) is 16.8 Å². The first-order chi connectivity index (χ1) is 25.4. The zero-order valence-corrected chi connectivity index (χ0v) is 28.6. The van der Waals surface area contributed by atoms with Crippen molar-refractivity contribution in [1.82, 2.24) is 0 Å². The molecule has 0 amide bonds. The molecule has 0 aromatic heterocycles. The fourth-order valence-electron chi connectivity index (χ4n) is 5.61. The van der Waals surface area contributed by atoms with E-state index < -0.39 is 53.5 Å². The van der Waals surface area contributed by atoms with Gasteiger partial charge in [-0.15, -0.1) is 20.5 Å². The standard InChI is InChI=1S/C34H24N6O12S2/c35-21-5-11-27(53(47,48)49)17-3-9-25(31(41)29(17)21)39-37-23-7-1-15(13-19(23)33(43)44)16-2-8-24(20(14-16)34(45)46)38-40-26-10-4-18-28(54(50,51)52)12-6-22(36)30(18)32(26)42/h1-14,41-42H,35-36H2,(H,43,44)(H,45,46)(H,47,48,49)(H,50,51,52)/b39-37+,40-38+. The number of phenols is 2. The van der Waals surface area contributed by atoms with Crippen molar-refractivity contribution in [3.63, 3.8) is 0 Å². The Balaban J connectivity index is 1.34. The molecule has 0 heterocycles. The minimum absolute atomic E-state index is 0.0374. The Morgan fingerprint density at radius 3 is 1.17 bits per heavy atom. The molecule has 0 saturated heterocycles. The molecular weight excluding hydrogens is 749 g/mol. The van der Waals surface area contributed by atoms with Crippen LogP contribution in [0.4, 0.5) is 34.1 Å². The van der Waals surface area contributed by atoms with E-state index in [1.165, 1.54) is 60.7 Å². The van der Waals surface area contributed by atoms with E-state index in [2.05, 4.69) is 20.5 Å². The molecule has 54 heavy (non-hydrogen) atoms. The second-order valence-corrected chi connectivity index (χ2v) is 14.2. The maximum Gasteiger partial charge on any atom is 0.337 e. The van der Waals surface area contributed by atoms with Crippen molar-refractivity contribution >= 4 is 87.8 Å². The third-order valence-corrected chi connectivity index (χ3v) is 9.95. The third-order valence-electron chi connectivity index (χ3n) is 8.12. The number of aromatic hydroxyl groups is 2. The summed E-state index contributed by atoms with van der Waals surface area (Å²) in [5.41, 5.74) is 10.8. The zero-order valence-electron chi connectivity index (χ0n) is 27.0. The number of nitrogens with two attached hydrogens (primary N) is 2. The molecule has 0 aliphatic carbocycles. The number of hydrogen-bond acceptors (Lipinski definition) is 14. The van der Waals surface area contributed by atoms with E-state index in [-0.39, 0.29) is 77.9 Å². The number of nitrogen functional groups attached to an aromatic ring is 2. The van der Waals surface area contributed by atoms with Crippen LogP contribution < -0.4 is 11.5 Å². The number of aromatic carboxylic acids is 2. The van der Waals surface area contributed by atoms with Crippen LogP contribution in [-0.4, -0.2) is 58.3 Å². The molecule has 6 aromatic rings. The lowest BCUT2D eigenvalue weighted by atomic mass is 9.99. The average molecular weight is 773 g/mol. The Hall–Kier alpha value is -7.00. The number of carboxylic acid groups (broad SMARTS) is 2. The van der Waals surface area contributed by atoms with Crippen LogP contribution in [0, 0.1) is 0 Å². The van der Waals surface area contributed by atoms with Gasteiger partial charge in [0.25, 0.3) is 20.2 Å². The van der Waals surface area contributed by atoms with Crippen LogP contribution >= 0.6 is 0 Å². The number of benzene rings is 6. The number of fused-ring (bicyclic) bond motifs is 2. The molecule has 0 fully saturated rings. The highest BCUT2D eigenvalue weighted by molar-refractivity contribution is 7.86. The molecule has 6 aromatic carbocycles. The summed E-state index contributed by atoms with van der Waals surface area (Å²) in [5, 5.41) is 56.9. The molecule has 0 spiro atoms. The molecular formula is C34H24N6O12S2. The molecule has 10 N–H and O–H groups in total. The summed E-state index contributed by atoms with van der Waals surface area (Å²) in [4.78, 5) is 23.5. The Labute approximate surface area is 303 Å². The van der Waals surface area contributed by atoms with Crippen molar-refractivity contribution in [2.24, 2.45) is 20.5 Å². The second kappa shape index (κ2) is 13.5. The van der Waals surface area contributed by atoms with Crippen molar-refractivity contribution in [1.29, 1.82) is 0 Å². The van der Waals surface area contributed by atoms with Crippen LogP contribution in [0.1, 0.15) is 20.7 Å². The highest BCUT2D eigenvalue weighted by Crippen LogP contribution is 2.43. The third kappa shape index (κ3) is 6.82. The number of carbonyl (C=O) groups is 2. The number of rotatable bonds is 9. The summed E-state index contributed by atoms with van der Waals surface area (Å²) in [6.45, 7) is 0. The number of anilines is 2. The van der Waals surface area contributed by atoms with Crippen LogP contribution in [0.5, 0.6) is 11.5 Å². The lowest BCUT2D eigenvalue weighted by molar-refractivity contribution is 0.0686. The Morgan fingerprint density at radius 1 is 0.500 bits per heavy atom. The molecule has 0 atom stereocenters. The number of carboxylic acids is 2. The van der Waals surface area contributed by atoms with Gasteiger partial charge < -0.3 is 31.9 Å². The molecule has 18 nitrogen and oxygen atoms in total. The summed E-state index contributed by atoms with van der Waals surface area (Å²) >= 11 is 0. The van der Waals surface area contributed by atoms with Gasteiger partial charge in [0, 0.05) is 22.1 Å². The van der Waals surface area contributed by atoms with Gasteiger partial charge in [0.2, 0.25) is 0 Å². The fraction of sp³-hybridized carbons (Fsp3) is 0. The van der Waals surface area contributed by atoms with Gasteiger partial charge in [-0.05, 0) is 71.8 Å². The highest BCUT2D eigenvalue weighted by atomic mass is 32.2. The van der Waals surface area contributed by atoms with Gasteiger partial charge in [0.1, 0.15) is 32.5 Å². The summed E-state index contributed by atoms with van der Waals surface area (Å²) < 4.78 is 66.3. The fourth-order valence-corrected chi connectivity index (χ4v) is 6.98. The van der Waals surface area contributed by atoms with Crippen LogP contribution in [0.25, 0.3) is 32.7 Å². The maximum atomic E-state index is 12.2. The first-order valence-electron chi connectivity index (χ1n) is 15.0. The van der Waals surface area contributed by atoms with Crippen LogP contribution in [0.15, 0.2) is 115 Å². The number of nitrogens with zero attached hydrogens (tertiary/aromatic N) is 4. The van der Waals surface area contributed by atoms with Crippen LogP contribution in [-0.2, 0) is 20.2 Å². The van der Waals surface area contributed by atoms with Crippen LogP contribution in [0.3, 0.4) is 0 Å². The van der Waals surface area contributed by atoms with E-state index in [9.17, 15) is 56.0 Å². The minimum Gasteiger partial charge on any atom is -0.505 e. The Kier molecular flexibility index (Phi) is 9.21. The van der Waals surface area contributed by atoms with Crippen molar-refractivity contribution < 1.29 is 56.0 Å². The number of azo groups is 2. The molecule has 0 radical (unpaired) electrons. The summed E-state index contributed by atoms with van der Waals surface area (Å²) in [7, 11) is -9.35. The van der Waals surface area contributed by atoms with E-state index in [1.807, 2.05) is 0 Å². The lowest BCUT2D eigenvalue weighted by Gasteiger charge is -2.10. The Bertz CT molecular complexity index is 2700. The first-order valence-corrected chi connectivity index (χ1v) is 17.9. The lowest BCUT2D eigenvalue weighted by Crippen LogP contribution is -2.00. The molecule has 6 rings (SSSR count). The Morgan fingerprint density at radius 2 is 0.833 bits per heavy atom. The van der Waals surface area contributed by atoms with Gasteiger partial charge in [0.05, 0.1) is 21.9 Å². The average Bonchev–Trinajstić information content (AvgIpc) is 3.10. The van der Waals surface area contributed by atoms with E-state index in [4.69, 9.17) is 11.5 Å². The topological polar surface area (TPSA) is 325 Å². The first kappa shape index (κ1) is 36.8. The molecule has 20 heteroatoms. The largest absolute Gasteiger partial charge is 0.505 e. The van der Waals surface area contributed by atoms with Crippen molar-refractivity contribution in [3.05, 3.63) is 96.1 Å². The van der Waals surface area contributed by atoms with Crippen LogP contribution in [0.2, 0.25) is 0 Å². The van der Waals surface area contributed by atoms with Crippen molar-refractivity contribution in [2.45, 2.75) is 9.79 Å². The zero-order chi connectivity index (χ0) is 39.3. The van der Waals surface area contributed by atoms with Gasteiger partial charge in [-0.3, -0.25) is 9.11 Å².